The van der Waals surface area contributed by atoms with Gasteiger partial charge in [0.25, 0.3) is 0 Å². The van der Waals surface area contributed by atoms with Crippen molar-refractivity contribution in [3.8, 4) is 5.75 Å². The molecular formula is C19H24N2O3S. The molecule has 0 bridgehead atoms. The summed E-state index contributed by atoms with van der Waals surface area (Å²) >= 11 is 0. The van der Waals surface area contributed by atoms with Crippen LogP contribution in [0.15, 0.2) is 59.5 Å². The van der Waals surface area contributed by atoms with Gasteiger partial charge in [-0.2, -0.15) is 0 Å². The molecule has 1 aliphatic heterocycles. The molecular weight excluding hydrogens is 336 g/mol. The van der Waals surface area contributed by atoms with E-state index < -0.39 is 10.0 Å². The smallest absolute Gasteiger partial charge is 0.240 e. The molecule has 3 rings (SSSR count). The van der Waals surface area contributed by atoms with Crippen molar-refractivity contribution >= 4 is 10.0 Å². The van der Waals surface area contributed by atoms with E-state index >= 15 is 0 Å². The first-order chi connectivity index (χ1) is 12.1. The van der Waals surface area contributed by atoms with E-state index in [0.717, 1.165) is 37.2 Å². The average molecular weight is 360 g/mol. The lowest BCUT2D eigenvalue weighted by atomic mass is 10.0. The van der Waals surface area contributed by atoms with Gasteiger partial charge in [-0.15, -0.1) is 0 Å². The number of likely N-dealkylation sites (tertiary alicyclic amines) is 1. The number of benzene rings is 2. The maximum atomic E-state index is 12.6. The van der Waals surface area contributed by atoms with Crippen LogP contribution in [0.3, 0.4) is 0 Å². The van der Waals surface area contributed by atoms with E-state index in [1.165, 1.54) is 0 Å². The maximum absolute atomic E-state index is 12.6. The van der Waals surface area contributed by atoms with Crippen LogP contribution in [0.4, 0.5) is 0 Å². The predicted octanol–water partition coefficient (Wildman–Crippen LogP) is 2.81. The van der Waals surface area contributed by atoms with Gasteiger partial charge in [0.15, 0.2) is 0 Å². The van der Waals surface area contributed by atoms with E-state index in [1.54, 1.807) is 37.4 Å². The molecule has 0 aliphatic carbocycles. The van der Waals surface area contributed by atoms with Crippen molar-refractivity contribution in [2.45, 2.75) is 23.8 Å². The van der Waals surface area contributed by atoms with Crippen molar-refractivity contribution in [3.63, 3.8) is 0 Å². The van der Waals surface area contributed by atoms with Crippen LogP contribution in [-0.4, -0.2) is 40.1 Å². The average Bonchev–Trinajstić information content (AvgIpc) is 3.17. The van der Waals surface area contributed by atoms with Crippen molar-refractivity contribution in [2.24, 2.45) is 0 Å². The van der Waals surface area contributed by atoms with Crippen LogP contribution in [0.2, 0.25) is 0 Å². The summed E-state index contributed by atoms with van der Waals surface area (Å²) in [6.07, 6.45) is 2.27. The summed E-state index contributed by atoms with van der Waals surface area (Å²) < 4.78 is 33.4. The van der Waals surface area contributed by atoms with Crippen molar-refractivity contribution in [2.75, 3.05) is 26.7 Å². The molecule has 0 aromatic heterocycles. The Labute approximate surface area is 149 Å². The highest BCUT2D eigenvalue weighted by Crippen LogP contribution is 2.31. The van der Waals surface area contributed by atoms with Crippen molar-refractivity contribution in [3.05, 3.63) is 60.2 Å². The molecule has 6 heteroatoms. The van der Waals surface area contributed by atoms with E-state index in [0.29, 0.717) is 6.54 Å². The Morgan fingerprint density at radius 2 is 1.68 bits per heavy atom. The zero-order chi connectivity index (χ0) is 17.7. The summed E-state index contributed by atoms with van der Waals surface area (Å²) in [5.74, 6) is 0.790. The lowest BCUT2D eigenvalue weighted by Gasteiger charge is -2.29. The number of methoxy groups -OCH3 is 1. The predicted molar refractivity (Wildman–Crippen MR) is 98.2 cm³/mol. The zero-order valence-corrected chi connectivity index (χ0v) is 15.2. The lowest BCUT2D eigenvalue weighted by molar-refractivity contribution is 0.240. The Hall–Kier alpha value is -1.89. The van der Waals surface area contributed by atoms with E-state index in [9.17, 15) is 8.42 Å². The Morgan fingerprint density at radius 1 is 1.04 bits per heavy atom. The van der Waals surface area contributed by atoms with Crippen molar-refractivity contribution in [1.82, 2.24) is 9.62 Å². The van der Waals surface area contributed by atoms with E-state index in [-0.39, 0.29) is 10.9 Å². The Bertz CT molecular complexity index is 787. The van der Waals surface area contributed by atoms with Gasteiger partial charge in [0, 0.05) is 12.1 Å². The van der Waals surface area contributed by atoms with Crippen LogP contribution in [0.1, 0.15) is 24.4 Å². The largest absolute Gasteiger partial charge is 0.496 e. The highest BCUT2D eigenvalue weighted by molar-refractivity contribution is 7.89. The van der Waals surface area contributed by atoms with Gasteiger partial charge in [0.05, 0.1) is 18.0 Å². The number of nitrogens with one attached hydrogen (secondary N) is 1. The Morgan fingerprint density at radius 3 is 2.36 bits per heavy atom. The normalized spacial score (nSPS) is 16.7. The van der Waals surface area contributed by atoms with Gasteiger partial charge in [0.1, 0.15) is 5.75 Å². The molecule has 0 spiro atoms. The number of nitrogens with zero attached hydrogens (tertiary/aromatic N) is 1. The van der Waals surface area contributed by atoms with Crippen molar-refractivity contribution in [1.29, 1.82) is 0 Å². The summed E-state index contributed by atoms with van der Waals surface area (Å²) in [4.78, 5) is 2.61. The molecule has 0 unspecified atom stereocenters. The summed E-state index contributed by atoms with van der Waals surface area (Å²) in [7, 11) is -1.88. The second-order valence-corrected chi connectivity index (χ2v) is 7.93. The molecule has 134 valence electrons. The van der Waals surface area contributed by atoms with Crippen LogP contribution >= 0.6 is 0 Å². The second-order valence-electron chi connectivity index (χ2n) is 6.17. The summed E-state index contributed by atoms with van der Waals surface area (Å²) in [6, 6.07) is 16.3. The van der Waals surface area contributed by atoms with Crippen LogP contribution in [-0.2, 0) is 10.0 Å². The highest BCUT2D eigenvalue weighted by Gasteiger charge is 2.27. The van der Waals surface area contributed by atoms with E-state index in [4.69, 9.17) is 4.74 Å². The standard InChI is InChI=1S/C19H24N2O3S/c1-24-19-12-6-5-11-17(19)18(21-13-7-8-14-21)15-20-25(22,23)16-9-3-2-4-10-16/h2-6,9-12,18,20H,7-8,13-15H2,1H3/t18-/m0/s1. The minimum Gasteiger partial charge on any atom is -0.496 e. The molecule has 0 amide bonds. The molecule has 1 heterocycles. The quantitative estimate of drug-likeness (QED) is 0.825. The first kappa shape index (κ1) is 17.9. The third-order valence-electron chi connectivity index (χ3n) is 4.60. The molecule has 5 nitrogen and oxygen atoms in total. The minimum atomic E-state index is -3.53. The molecule has 0 radical (unpaired) electrons. The monoisotopic (exact) mass is 360 g/mol. The third kappa shape index (κ3) is 4.21. The number of para-hydroxylation sites is 1. The van der Waals surface area contributed by atoms with Crippen LogP contribution in [0.5, 0.6) is 5.75 Å². The first-order valence-electron chi connectivity index (χ1n) is 8.53. The molecule has 2 aromatic rings. The molecule has 25 heavy (non-hydrogen) atoms. The summed E-state index contributed by atoms with van der Waals surface area (Å²) in [5, 5.41) is 0. The number of hydrogen-bond acceptors (Lipinski definition) is 4. The number of rotatable bonds is 7. The van der Waals surface area contributed by atoms with Gasteiger partial charge in [-0.05, 0) is 44.1 Å². The molecule has 1 aliphatic rings. The fourth-order valence-electron chi connectivity index (χ4n) is 3.30. The van der Waals surface area contributed by atoms with Crippen molar-refractivity contribution < 1.29 is 13.2 Å². The minimum absolute atomic E-state index is 0.0443. The molecule has 1 saturated heterocycles. The SMILES string of the molecule is COc1ccccc1[C@H](CNS(=O)(=O)c1ccccc1)N1CCCC1. The van der Waals surface area contributed by atoms with Gasteiger partial charge in [-0.3, -0.25) is 4.90 Å². The fourth-order valence-corrected chi connectivity index (χ4v) is 4.36. The molecule has 0 saturated carbocycles. The van der Waals surface area contributed by atoms with Gasteiger partial charge in [0.2, 0.25) is 10.0 Å². The topological polar surface area (TPSA) is 58.6 Å². The third-order valence-corrected chi connectivity index (χ3v) is 6.04. The Balaban J connectivity index is 1.83. The second kappa shape index (κ2) is 7.99. The fraction of sp³-hybridized carbons (Fsp3) is 0.368. The van der Waals surface area contributed by atoms with Gasteiger partial charge in [-0.1, -0.05) is 36.4 Å². The number of hydrogen-bond donors (Lipinski definition) is 1. The molecule has 2 aromatic carbocycles. The van der Waals surface area contributed by atoms with Gasteiger partial charge < -0.3 is 4.74 Å². The zero-order valence-electron chi connectivity index (χ0n) is 14.4. The summed E-state index contributed by atoms with van der Waals surface area (Å²) in [6.45, 7) is 2.25. The lowest BCUT2D eigenvalue weighted by Crippen LogP contribution is -2.37. The number of sulfonamides is 1. The highest BCUT2D eigenvalue weighted by atomic mass is 32.2. The molecule has 1 N–H and O–H groups in total. The Kier molecular flexibility index (Phi) is 5.73. The van der Waals surface area contributed by atoms with E-state index in [2.05, 4.69) is 9.62 Å². The molecule has 1 fully saturated rings. The van der Waals surface area contributed by atoms with Crippen LogP contribution < -0.4 is 9.46 Å². The van der Waals surface area contributed by atoms with Crippen LogP contribution in [0.25, 0.3) is 0 Å². The summed E-state index contributed by atoms with van der Waals surface area (Å²) in [5.41, 5.74) is 1.02. The number of ether oxygens (including phenoxy) is 1. The first-order valence-corrected chi connectivity index (χ1v) is 10.0. The van der Waals surface area contributed by atoms with Crippen LogP contribution in [0, 0.1) is 0 Å². The molecule has 1 atom stereocenters. The van der Waals surface area contributed by atoms with Gasteiger partial charge >= 0.3 is 0 Å². The maximum Gasteiger partial charge on any atom is 0.240 e. The van der Waals surface area contributed by atoms with Gasteiger partial charge in [-0.25, -0.2) is 13.1 Å². The van der Waals surface area contributed by atoms with E-state index in [1.807, 2.05) is 24.3 Å².